The van der Waals surface area contributed by atoms with Gasteiger partial charge in [-0.15, -0.1) is 24.0 Å². The predicted molar refractivity (Wildman–Crippen MR) is 129 cm³/mol. The van der Waals surface area contributed by atoms with Crippen LogP contribution in [0.5, 0.6) is 0 Å². The van der Waals surface area contributed by atoms with Gasteiger partial charge < -0.3 is 19.7 Å². The first kappa shape index (κ1) is 25.8. The molecule has 1 aliphatic heterocycles. The minimum absolute atomic E-state index is 0. The first-order chi connectivity index (χ1) is 13.1. The van der Waals surface area contributed by atoms with E-state index in [2.05, 4.69) is 15.2 Å². The fourth-order valence-corrected chi connectivity index (χ4v) is 3.73. The number of ether oxygens (including phenoxy) is 2. The number of nitrogens with zero attached hydrogens (tertiary/aromatic N) is 2. The van der Waals surface area contributed by atoms with Gasteiger partial charge in [0.1, 0.15) is 0 Å². The second-order valence-electron chi connectivity index (χ2n) is 6.72. The Morgan fingerprint density at radius 3 is 2.61 bits per heavy atom. The third-order valence-electron chi connectivity index (χ3n) is 4.72. The number of halogens is 3. The van der Waals surface area contributed by atoms with Crippen molar-refractivity contribution in [3.8, 4) is 0 Å². The van der Waals surface area contributed by atoms with Crippen LogP contribution in [-0.4, -0.2) is 64.0 Å². The molecule has 1 saturated heterocycles. The van der Waals surface area contributed by atoms with E-state index in [1.54, 1.807) is 13.2 Å². The summed E-state index contributed by atoms with van der Waals surface area (Å²) >= 11 is 12.2. The monoisotopic (exact) mass is 543 g/mol. The summed E-state index contributed by atoms with van der Waals surface area (Å²) in [4.78, 5) is 6.74. The molecule has 0 spiro atoms. The summed E-state index contributed by atoms with van der Waals surface area (Å²) in [6.45, 7) is 4.34. The number of aliphatic imine (C=N–C) groups is 1. The van der Waals surface area contributed by atoms with Gasteiger partial charge in [0.15, 0.2) is 5.96 Å². The fourth-order valence-electron chi connectivity index (χ4n) is 3.22. The lowest BCUT2D eigenvalue weighted by Crippen LogP contribution is -2.47. The van der Waals surface area contributed by atoms with E-state index in [0.29, 0.717) is 11.1 Å². The molecule has 2 rings (SSSR count). The zero-order valence-electron chi connectivity index (χ0n) is 16.8. The number of hydrogen-bond acceptors (Lipinski definition) is 3. The molecule has 0 unspecified atom stereocenters. The smallest absolute Gasteiger partial charge is 0.193 e. The molecule has 8 heteroatoms. The van der Waals surface area contributed by atoms with E-state index in [-0.39, 0.29) is 24.0 Å². The van der Waals surface area contributed by atoms with Crippen LogP contribution < -0.4 is 5.32 Å². The average molecular weight is 544 g/mol. The number of likely N-dealkylation sites (tertiary alicyclic amines) is 1. The van der Waals surface area contributed by atoms with Gasteiger partial charge in [0.25, 0.3) is 0 Å². The molecule has 1 aliphatic rings. The highest BCUT2D eigenvalue weighted by molar-refractivity contribution is 14.0. The zero-order chi connectivity index (χ0) is 19.5. The van der Waals surface area contributed by atoms with Crippen LogP contribution in [0.2, 0.25) is 10.0 Å². The number of aryl methyl sites for hydroxylation is 1. The molecule has 0 bridgehead atoms. The van der Waals surface area contributed by atoms with Gasteiger partial charge in [0.2, 0.25) is 0 Å². The fraction of sp³-hybridized carbons (Fsp3) is 0.650. The third-order valence-corrected chi connectivity index (χ3v) is 5.31. The molecule has 5 nitrogen and oxygen atoms in total. The van der Waals surface area contributed by atoms with Crippen molar-refractivity contribution in [1.29, 1.82) is 0 Å². The summed E-state index contributed by atoms with van der Waals surface area (Å²) in [5.41, 5.74) is 1.13. The van der Waals surface area contributed by atoms with Crippen molar-refractivity contribution in [2.75, 3.05) is 47.0 Å². The van der Waals surface area contributed by atoms with E-state index < -0.39 is 0 Å². The molecule has 160 valence electrons. The van der Waals surface area contributed by atoms with Gasteiger partial charge >= 0.3 is 0 Å². The van der Waals surface area contributed by atoms with Crippen molar-refractivity contribution < 1.29 is 9.47 Å². The summed E-state index contributed by atoms with van der Waals surface area (Å²) in [7, 11) is 3.56. The first-order valence-corrected chi connectivity index (χ1v) is 10.4. The van der Waals surface area contributed by atoms with Crippen molar-refractivity contribution in [2.45, 2.75) is 38.2 Å². The summed E-state index contributed by atoms with van der Waals surface area (Å²) in [6, 6.07) is 5.68. The van der Waals surface area contributed by atoms with Gasteiger partial charge in [-0.2, -0.15) is 0 Å². The molecular weight excluding hydrogens is 512 g/mol. The van der Waals surface area contributed by atoms with Crippen LogP contribution in [0.3, 0.4) is 0 Å². The van der Waals surface area contributed by atoms with Crippen LogP contribution in [0, 0.1) is 0 Å². The number of nitrogens with one attached hydrogen (secondary N) is 1. The third kappa shape index (κ3) is 9.03. The van der Waals surface area contributed by atoms with Gasteiger partial charge in [0, 0.05) is 57.1 Å². The van der Waals surface area contributed by atoms with Gasteiger partial charge in [-0.1, -0.05) is 29.3 Å². The average Bonchev–Trinajstić information content (AvgIpc) is 2.67. The minimum atomic E-state index is 0. The summed E-state index contributed by atoms with van der Waals surface area (Å²) in [5.74, 6) is 0.968. The van der Waals surface area contributed by atoms with Crippen LogP contribution in [-0.2, 0) is 15.9 Å². The van der Waals surface area contributed by atoms with Gasteiger partial charge in [-0.3, -0.25) is 4.99 Å². The summed E-state index contributed by atoms with van der Waals surface area (Å²) in [6.07, 6.45) is 5.28. The highest BCUT2D eigenvalue weighted by Gasteiger charge is 2.21. The molecule has 0 amide bonds. The first-order valence-electron chi connectivity index (χ1n) is 9.64. The molecule has 0 aliphatic carbocycles. The SMILES string of the molecule is CN=C(NCCCc1ccc(Cl)cc1Cl)N1CCC(OCCCOC)CC1.I. The van der Waals surface area contributed by atoms with Crippen LogP contribution in [0.25, 0.3) is 0 Å². The van der Waals surface area contributed by atoms with Crippen LogP contribution in [0.1, 0.15) is 31.2 Å². The number of piperidine rings is 1. The molecule has 0 radical (unpaired) electrons. The molecule has 1 aromatic carbocycles. The van der Waals surface area contributed by atoms with Crippen LogP contribution in [0.4, 0.5) is 0 Å². The van der Waals surface area contributed by atoms with E-state index in [9.17, 15) is 0 Å². The lowest BCUT2D eigenvalue weighted by atomic mass is 10.1. The molecule has 1 heterocycles. The Morgan fingerprint density at radius 1 is 1.21 bits per heavy atom. The maximum atomic E-state index is 6.23. The maximum Gasteiger partial charge on any atom is 0.193 e. The van der Waals surface area contributed by atoms with E-state index in [4.69, 9.17) is 32.7 Å². The van der Waals surface area contributed by atoms with Gasteiger partial charge in [-0.25, -0.2) is 0 Å². The number of methoxy groups -OCH3 is 1. The quantitative estimate of drug-likeness (QED) is 0.213. The Morgan fingerprint density at radius 2 is 1.96 bits per heavy atom. The maximum absolute atomic E-state index is 6.23. The van der Waals surface area contributed by atoms with Crippen molar-refractivity contribution in [3.05, 3.63) is 33.8 Å². The zero-order valence-corrected chi connectivity index (χ0v) is 20.6. The molecular formula is C20H32Cl2IN3O2. The standard InChI is InChI=1S/C20H31Cl2N3O2.HI/c1-23-20(24-10-3-5-16-6-7-17(21)15-19(16)22)25-11-8-18(9-12-25)27-14-4-13-26-2;/h6-7,15,18H,3-5,8-14H2,1-2H3,(H,23,24);1H. The van der Waals surface area contributed by atoms with E-state index in [1.807, 2.05) is 19.2 Å². The molecule has 0 aromatic heterocycles. The highest BCUT2D eigenvalue weighted by Crippen LogP contribution is 2.22. The Labute approximate surface area is 196 Å². The molecule has 28 heavy (non-hydrogen) atoms. The lowest BCUT2D eigenvalue weighted by molar-refractivity contribution is 0.00991. The molecule has 0 saturated carbocycles. The van der Waals surface area contributed by atoms with Gasteiger partial charge in [0.05, 0.1) is 6.10 Å². The number of rotatable bonds is 9. The molecule has 1 aromatic rings. The van der Waals surface area contributed by atoms with E-state index >= 15 is 0 Å². The molecule has 1 fully saturated rings. The van der Waals surface area contributed by atoms with Crippen LogP contribution in [0.15, 0.2) is 23.2 Å². The highest BCUT2D eigenvalue weighted by atomic mass is 127. The normalized spacial score (nSPS) is 15.4. The van der Waals surface area contributed by atoms with Crippen molar-refractivity contribution in [2.24, 2.45) is 4.99 Å². The second-order valence-corrected chi connectivity index (χ2v) is 7.56. The lowest BCUT2D eigenvalue weighted by Gasteiger charge is -2.34. The van der Waals surface area contributed by atoms with E-state index in [1.165, 1.54) is 0 Å². The number of benzene rings is 1. The van der Waals surface area contributed by atoms with Crippen molar-refractivity contribution in [3.63, 3.8) is 0 Å². The Kier molecular flexibility index (Phi) is 13.5. The minimum Gasteiger partial charge on any atom is -0.385 e. The summed E-state index contributed by atoms with van der Waals surface area (Å²) in [5, 5.41) is 4.87. The Balaban J connectivity index is 0.00000392. The topological polar surface area (TPSA) is 46.1 Å². The molecule has 0 atom stereocenters. The Bertz CT molecular complexity index is 597. The van der Waals surface area contributed by atoms with Gasteiger partial charge in [-0.05, 0) is 49.8 Å². The van der Waals surface area contributed by atoms with Crippen molar-refractivity contribution >= 4 is 53.1 Å². The van der Waals surface area contributed by atoms with Crippen LogP contribution >= 0.6 is 47.2 Å². The van der Waals surface area contributed by atoms with E-state index in [0.717, 1.165) is 81.5 Å². The summed E-state index contributed by atoms with van der Waals surface area (Å²) < 4.78 is 11.0. The molecule has 1 N–H and O–H groups in total. The Hall–Kier alpha value is -0.280. The second kappa shape index (κ2) is 14.7. The number of guanidine groups is 1. The largest absolute Gasteiger partial charge is 0.385 e. The number of hydrogen-bond donors (Lipinski definition) is 1. The predicted octanol–water partition coefficient (Wildman–Crippen LogP) is 4.64. The van der Waals surface area contributed by atoms with Crippen molar-refractivity contribution in [1.82, 2.24) is 10.2 Å².